The summed E-state index contributed by atoms with van der Waals surface area (Å²) in [6, 6.07) is 9.56. The van der Waals surface area contributed by atoms with Crippen molar-refractivity contribution < 1.29 is 14.7 Å². The molecular formula is C18H24N4O3. The van der Waals surface area contributed by atoms with Gasteiger partial charge in [-0.05, 0) is 39.8 Å². The molecule has 0 unspecified atom stereocenters. The molecule has 0 aliphatic heterocycles. The first-order valence-electron chi connectivity index (χ1n) is 8.15. The van der Waals surface area contributed by atoms with E-state index in [9.17, 15) is 9.59 Å². The number of nitrogens with zero attached hydrogens (tertiary/aromatic N) is 3. The van der Waals surface area contributed by atoms with Crippen molar-refractivity contribution in [3.63, 3.8) is 0 Å². The van der Waals surface area contributed by atoms with E-state index < -0.39 is 5.97 Å². The monoisotopic (exact) mass is 344 g/mol. The zero-order chi connectivity index (χ0) is 18.6. The maximum Gasteiger partial charge on any atom is 0.317 e. The number of carboxylic acids is 1. The molecule has 2 N–H and O–H groups in total. The zero-order valence-electron chi connectivity index (χ0n) is 15.0. The number of benzene rings is 1. The number of aromatic nitrogens is 2. The van der Waals surface area contributed by atoms with Gasteiger partial charge in [0.15, 0.2) is 0 Å². The summed E-state index contributed by atoms with van der Waals surface area (Å²) in [6.45, 7) is 7.40. The first-order chi connectivity index (χ1) is 11.8. The van der Waals surface area contributed by atoms with E-state index >= 15 is 0 Å². The number of anilines is 1. The number of hydrogen-bond acceptors (Lipinski definition) is 4. The van der Waals surface area contributed by atoms with E-state index in [2.05, 4.69) is 10.4 Å². The Kier molecular flexibility index (Phi) is 5.93. The molecule has 0 spiro atoms. The van der Waals surface area contributed by atoms with Crippen LogP contribution < -0.4 is 5.32 Å². The van der Waals surface area contributed by atoms with Crippen molar-refractivity contribution in [3.8, 4) is 5.69 Å². The highest BCUT2D eigenvalue weighted by molar-refractivity contribution is 5.92. The molecule has 25 heavy (non-hydrogen) atoms. The van der Waals surface area contributed by atoms with E-state index in [1.807, 2.05) is 52.0 Å². The van der Waals surface area contributed by atoms with Crippen LogP contribution >= 0.6 is 0 Å². The predicted octanol–water partition coefficient (Wildman–Crippen LogP) is 2.22. The van der Waals surface area contributed by atoms with Crippen LogP contribution in [0, 0.1) is 13.8 Å². The van der Waals surface area contributed by atoms with Gasteiger partial charge in [0, 0.05) is 12.1 Å². The second-order valence-corrected chi connectivity index (χ2v) is 6.36. The molecule has 1 amide bonds. The van der Waals surface area contributed by atoms with Crippen molar-refractivity contribution in [1.29, 1.82) is 0 Å². The number of nitrogens with one attached hydrogen (secondary N) is 1. The van der Waals surface area contributed by atoms with Crippen LogP contribution in [0.1, 0.15) is 25.1 Å². The molecular weight excluding hydrogens is 320 g/mol. The lowest BCUT2D eigenvalue weighted by Gasteiger charge is -2.23. The Hall–Kier alpha value is -2.67. The third-order valence-corrected chi connectivity index (χ3v) is 3.79. The normalized spacial score (nSPS) is 11.1. The SMILES string of the molecule is Cc1ccc(-n2nc(C)cc2NC(=O)CN(CC(=O)O)C(C)C)cc1. The lowest BCUT2D eigenvalue weighted by molar-refractivity contribution is -0.139. The molecule has 7 nitrogen and oxygen atoms in total. The molecule has 2 aromatic rings. The van der Waals surface area contributed by atoms with Crippen molar-refractivity contribution in [2.24, 2.45) is 0 Å². The van der Waals surface area contributed by atoms with Crippen molar-refractivity contribution in [2.45, 2.75) is 33.7 Å². The third-order valence-electron chi connectivity index (χ3n) is 3.79. The number of rotatable bonds is 7. The minimum Gasteiger partial charge on any atom is -0.480 e. The Bertz CT molecular complexity index is 750. The summed E-state index contributed by atoms with van der Waals surface area (Å²) in [5.41, 5.74) is 2.77. The van der Waals surface area contributed by atoms with Crippen molar-refractivity contribution in [2.75, 3.05) is 18.4 Å². The lowest BCUT2D eigenvalue weighted by Crippen LogP contribution is -2.41. The topological polar surface area (TPSA) is 87.5 Å². The lowest BCUT2D eigenvalue weighted by atomic mass is 10.2. The molecule has 0 saturated carbocycles. The van der Waals surface area contributed by atoms with Gasteiger partial charge >= 0.3 is 5.97 Å². The van der Waals surface area contributed by atoms with Gasteiger partial charge in [0.25, 0.3) is 0 Å². The van der Waals surface area contributed by atoms with E-state index in [1.165, 1.54) is 0 Å². The van der Waals surface area contributed by atoms with Gasteiger partial charge < -0.3 is 10.4 Å². The fourth-order valence-electron chi connectivity index (χ4n) is 2.43. The number of carboxylic acid groups (broad SMARTS) is 1. The number of hydrogen-bond donors (Lipinski definition) is 2. The molecule has 0 aliphatic carbocycles. The van der Waals surface area contributed by atoms with Crippen LogP contribution in [-0.2, 0) is 9.59 Å². The van der Waals surface area contributed by atoms with E-state index in [1.54, 1.807) is 15.6 Å². The molecule has 134 valence electrons. The second kappa shape index (κ2) is 7.94. The van der Waals surface area contributed by atoms with E-state index in [-0.39, 0.29) is 25.0 Å². The average molecular weight is 344 g/mol. The Labute approximate surface area is 147 Å². The molecule has 0 aliphatic rings. The van der Waals surface area contributed by atoms with Crippen molar-refractivity contribution >= 4 is 17.7 Å². The van der Waals surface area contributed by atoms with Gasteiger partial charge in [0.1, 0.15) is 5.82 Å². The van der Waals surface area contributed by atoms with Gasteiger partial charge in [-0.25, -0.2) is 4.68 Å². The summed E-state index contributed by atoms with van der Waals surface area (Å²) < 4.78 is 1.67. The Morgan fingerprint density at radius 1 is 1.20 bits per heavy atom. The van der Waals surface area contributed by atoms with Crippen molar-refractivity contribution in [1.82, 2.24) is 14.7 Å². The molecule has 1 heterocycles. The number of amides is 1. The average Bonchev–Trinajstić information content (AvgIpc) is 2.87. The van der Waals surface area contributed by atoms with Crippen LogP contribution in [0.15, 0.2) is 30.3 Å². The third kappa shape index (κ3) is 5.15. The molecule has 1 aromatic carbocycles. The summed E-state index contributed by atoms with van der Waals surface area (Å²) in [6.07, 6.45) is 0. The molecule has 0 bridgehead atoms. The first kappa shape index (κ1) is 18.7. The van der Waals surface area contributed by atoms with E-state index in [0.717, 1.165) is 16.9 Å². The zero-order valence-corrected chi connectivity index (χ0v) is 15.0. The van der Waals surface area contributed by atoms with Gasteiger partial charge in [-0.3, -0.25) is 14.5 Å². The van der Waals surface area contributed by atoms with Crippen LogP contribution in [0.4, 0.5) is 5.82 Å². The standard InChI is InChI=1S/C18H24N4O3/c1-12(2)21(11-18(24)25)10-17(23)19-16-9-14(4)20-22(16)15-7-5-13(3)6-8-15/h5-9,12H,10-11H2,1-4H3,(H,19,23)(H,24,25). The number of aryl methyl sites for hydroxylation is 2. The van der Waals surface area contributed by atoms with Crippen LogP contribution in [0.2, 0.25) is 0 Å². The van der Waals surface area contributed by atoms with Gasteiger partial charge in [0.2, 0.25) is 5.91 Å². The van der Waals surface area contributed by atoms with Gasteiger partial charge in [-0.15, -0.1) is 0 Å². The van der Waals surface area contributed by atoms with Crippen LogP contribution in [-0.4, -0.2) is 50.8 Å². The number of aliphatic carboxylic acids is 1. The maximum absolute atomic E-state index is 12.4. The van der Waals surface area contributed by atoms with Crippen LogP contribution in [0.5, 0.6) is 0 Å². The molecule has 0 atom stereocenters. The quantitative estimate of drug-likeness (QED) is 0.804. The van der Waals surface area contributed by atoms with E-state index in [4.69, 9.17) is 5.11 Å². The van der Waals surface area contributed by atoms with Gasteiger partial charge in [-0.2, -0.15) is 5.10 Å². The molecule has 2 rings (SSSR count). The summed E-state index contributed by atoms with van der Waals surface area (Å²) in [5.74, 6) is -0.671. The summed E-state index contributed by atoms with van der Waals surface area (Å²) in [4.78, 5) is 24.9. The molecule has 7 heteroatoms. The fraction of sp³-hybridized carbons (Fsp3) is 0.389. The van der Waals surface area contributed by atoms with Gasteiger partial charge in [0.05, 0.1) is 24.5 Å². The Morgan fingerprint density at radius 3 is 2.40 bits per heavy atom. The first-order valence-corrected chi connectivity index (χ1v) is 8.15. The highest BCUT2D eigenvalue weighted by atomic mass is 16.4. The predicted molar refractivity (Wildman–Crippen MR) is 96.0 cm³/mol. The minimum absolute atomic E-state index is 0.00208. The minimum atomic E-state index is -0.956. The van der Waals surface area contributed by atoms with Crippen LogP contribution in [0.3, 0.4) is 0 Å². The molecule has 0 radical (unpaired) electrons. The molecule has 1 aromatic heterocycles. The second-order valence-electron chi connectivity index (χ2n) is 6.36. The summed E-state index contributed by atoms with van der Waals surface area (Å²) in [5, 5.41) is 16.2. The Morgan fingerprint density at radius 2 is 1.84 bits per heavy atom. The smallest absolute Gasteiger partial charge is 0.317 e. The maximum atomic E-state index is 12.4. The highest BCUT2D eigenvalue weighted by Gasteiger charge is 2.18. The molecule has 0 saturated heterocycles. The largest absolute Gasteiger partial charge is 0.480 e. The van der Waals surface area contributed by atoms with Crippen molar-refractivity contribution in [3.05, 3.63) is 41.6 Å². The fourth-order valence-corrected chi connectivity index (χ4v) is 2.43. The van der Waals surface area contributed by atoms with Gasteiger partial charge in [-0.1, -0.05) is 17.7 Å². The number of carbonyl (C=O) groups is 2. The Balaban J connectivity index is 2.15. The number of carbonyl (C=O) groups excluding carboxylic acids is 1. The van der Waals surface area contributed by atoms with E-state index in [0.29, 0.717) is 5.82 Å². The summed E-state index contributed by atoms with van der Waals surface area (Å²) in [7, 11) is 0. The summed E-state index contributed by atoms with van der Waals surface area (Å²) >= 11 is 0. The molecule has 0 fully saturated rings. The van der Waals surface area contributed by atoms with Crippen LogP contribution in [0.25, 0.3) is 5.69 Å². The highest BCUT2D eigenvalue weighted by Crippen LogP contribution is 2.17.